The number of carboxylic acid groups (broad SMARTS) is 1. The van der Waals surface area contributed by atoms with E-state index < -0.39 is 11.9 Å². The Bertz CT molecular complexity index is 424. The Labute approximate surface area is 97.9 Å². The predicted octanol–water partition coefficient (Wildman–Crippen LogP) is 2.31. The van der Waals surface area contributed by atoms with E-state index in [0.29, 0.717) is 12.0 Å². The van der Waals surface area contributed by atoms with Gasteiger partial charge in [-0.15, -0.1) is 11.8 Å². The summed E-state index contributed by atoms with van der Waals surface area (Å²) in [5.74, 6) is -1.68. The molecule has 1 aliphatic rings. The van der Waals surface area contributed by atoms with Crippen molar-refractivity contribution in [3.05, 3.63) is 29.8 Å². The average Bonchev–Trinajstić information content (AvgIpc) is 3.08. The first kappa shape index (κ1) is 11.2. The van der Waals surface area contributed by atoms with Crippen LogP contribution in [0, 0.1) is 11.8 Å². The summed E-state index contributed by atoms with van der Waals surface area (Å²) in [4.78, 5) is 23.6. The molecule has 1 N–H and O–H groups in total. The lowest BCUT2D eigenvalue weighted by Gasteiger charge is -2.00. The van der Waals surface area contributed by atoms with Crippen LogP contribution in [0.2, 0.25) is 0 Å². The number of rotatable bonds is 4. The largest absolute Gasteiger partial charge is 0.481 e. The molecule has 1 fully saturated rings. The summed E-state index contributed by atoms with van der Waals surface area (Å²) in [6.45, 7) is 0. The minimum Gasteiger partial charge on any atom is -0.481 e. The van der Waals surface area contributed by atoms with Gasteiger partial charge in [-0.25, -0.2) is 0 Å². The number of hydrogen-bond acceptors (Lipinski definition) is 3. The molecule has 1 saturated carbocycles. The fraction of sp³-hybridized carbons (Fsp3) is 0.333. The van der Waals surface area contributed by atoms with Gasteiger partial charge in [0.1, 0.15) is 0 Å². The summed E-state index contributed by atoms with van der Waals surface area (Å²) in [5, 5.41) is 8.75. The van der Waals surface area contributed by atoms with Crippen molar-refractivity contribution in [3.8, 4) is 0 Å². The quantitative estimate of drug-likeness (QED) is 0.644. The van der Waals surface area contributed by atoms with E-state index in [9.17, 15) is 9.59 Å². The van der Waals surface area contributed by atoms with Crippen LogP contribution in [0.3, 0.4) is 0 Å². The Morgan fingerprint density at radius 1 is 1.25 bits per heavy atom. The third kappa shape index (κ3) is 2.11. The predicted molar refractivity (Wildman–Crippen MR) is 61.8 cm³/mol. The zero-order valence-corrected chi connectivity index (χ0v) is 9.66. The topological polar surface area (TPSA) is 54.4 Å². The van der Waals surface area contributed by atoms with Gasteiger partial charge in [-0.3, -0.25) is 9.59 Å². The maximum atomic E-state index is 11.9. The average molecular weight is 236 g/mol. The summed E-state index contributed by atoms with van der Waals surface area (Å²) in [7, 11) is 0. The molecule has 2 unspecified atom stereocenters. The molecule has 1 aromatic carbocycles. The first-order valence-corrected chi connectivity index (χ1v) is 6.27. The van der Waals surface area contributed by atoms with Gasteiger partial charge in [-0.1, -0.05) is 12.1 Å². The highest BCUT2D eigenvalue weighted by Crippen LogP contribution is 2.41. The second-order valence-electron chi connectivity index (χ2n) is 3.88. The SMILES string of the molecule is CSc1ccc(C(=O)C2CC2C(=O)O)cc1. The second kappa shape index (κ2) is 4.29. The smallest absolute Gasteiger partial charge is 0.307 e. The normalized spacial score (nSPS) is 22.8. The van der Waals surface area contributed by atoms with Crippen molar-refractivity contribution in [2.45, 2.75) is 11.3 Å². The number of aliphatic carboxylic acids is 1. The molecule has 0 aromatic heterocycles. The highest BCUT2D eigenvalue weighted by Gasteiger charge is 2.48. The van der Waals surface area contributed by atoms with Gasteiger partial charge in [-0.2, -0.15) is 0 Å². The van der Waals surface area contributed by atoms with Crippen LogP contribution in [0.1, 0.15) is 16.8 Å². The van der Waals surface area contributed by atoms with Gasteiger partial charge in [0, 0.05) is 16.4 Å². The molecular formula is C12H12O3S. The molecule has 0 radical (unpaired) electrons. The number of Topliss-reactive ketones (excluding diaryl/α,β-unsaturated/α-hetero) is 1. The minimum absolute atomic E-state index is 0.0416. The van der Waals surface area contributed by atoms with Gasteiger partial charge in [0.25, 0.3) is 0 Å². The van der Waals surface area contributed by atoms with Crippen LogP contribution in [0.4, 0.5) is 0 Å². The van der Waals surface area contributed by atoms with Crippen LogP contribution >= 0.6 is 11.8 Å². The van der Waals surface area contributed by atoms with E-state index >= 15 is 0 Å². The number of carbonyl (C=O) groups excluding carboxylic acids is 1. The van der Waals surface area contributed by atoms with Crippen LogP contribution in [-0.2, 0) is 4.79 Å². The van der Waals surface area contributed by atoms with Gasteiger partial charge in [-0.05, 0) is 24.8 Å². The molecule has 0 amide bonds. The van der Waals surface area contributed by atoms with E-state index in [1.165, 1.54) is 0 Å². The first-order valence-electron chi connectivity index (χ1n) is 5.04. The molecule has 2 atom stereocenters. The molecule has 4 heteroatoms. The molecule has 2 rings (SSSR count). The molecule has 0 spiro atoms. The lowest BCUT2D eigenvalue weighted by atomic mass is 10.1. The summed E-state index contributed by atoms with van der Waals surface area (Å²) in [6.07, 6.45) is 2.45. The number of ketones is 1. The van der Waals surface area contributed by atoms with Crippen molar-refractivity contribution in [3.63, 3.8) is 0 Å². The van der Waals surface area contributed by atoms with Crippen LogP contribution in [0.5, 0.6) is 0 Å². The molecule has 3 nitrogen and oxygen atoms in total. The Morgan fingerprint density at radius 2 is 1.88 bits per heavy atom. The van der Waals surface area contributed by atoms with Crippen molar-refractivity contribution in [1.29, 1.82) is 0 Å². The zero-order chi connectivity index (χ0) is 11.7. The number of thioether (sulfide) groups is 1. The van der Waals surface area contributed by atoms with E-state index in [4.69, 9.17) is 5.11 Å². The lowest BCUT2D eigenvalue weighted by Crippen LogP contribution is -2.08. The van der Waals surface area contributed by atoms with Gasteiger partial charge < -0.3 is 5.11 Å². The van der Waals surface area contributed by atoms with Crippen molar-refractivity contribution in [2.75, 3.05) is 6.26 Å². The number of carbonyl (C=O) groups is 2. The molecule has 16 heavy (non-hydrogen) atoms. The highest BCUT2D eigenvalue weighted by atomic mass is 32.2. The standard InChI is InChI=1S/C12H12O3S/c1-16-8-4-2-7(3-5-8)11(13)9-6-10(9)12(14)15/h2-5,9-10H,6H2,1H3,(H,14,15). The van der Waals surface area contributed by atoms with E-state index in [0.717, 1.165) is 4.90 Å². The summed E-state index contributed by atoms with van der Waals surface area (Å²) < 4.78 is 0. The van der Waals surface area contributed by atoms with Crippen LogP contribution < -0.4 is 0 Å². The van der Waals surface area contributed by atoms with Gasteiger partial charge >= 0.3 is 5.97 Å². The number of hydrogen-bond donors (Lipinski definition) is 1. The number of carboxylic acids is 1. The van der Waals surface area contributed by atoms with E-state index in [2.05, 4.69) is 0 Å². The monoisotopic (exact) mass is 236 g/mol. The summed E-state index contributed by atoms with van der Waals surface area (Å²) in [5.41, 5.74) is 0.617. The van der Waals surface area contributed by atoms with E-state index in [-0.39, 0.29) is 11.7 Å². The van der Waals surface area contributed by atoms with Crippen LogP contribution in [0.15, 0.2) is 29.2 Å². The third-order valence-electron chi connectivity index (χ3n) is 2.82. The van der Waals surface area contributed by atoms with Crippen LogP contribution in [0.25, 0.3) is 0 Å². The van der Waals surface area contributed by atoms with Crippen molar-refractivity contribution >= 4 is 23.5 Å². The van der Waals surface area contributed by atoms with E-state index in [1.54, 1.807) is 23.9 Å². The van der Waals surface area contributed by atoms with E-state index in [1.807, 2.05) is 18.4 Å². The maximum Gasteiger partial charge on any atom is 0.307 e. The molecule has 0 saturated heterocycles. The van der Waals surface area contributed by atoms with Crippen molar-refractivity contribution in [2.24, 2.45) is 11.8 Å². The Balaban J connectivity index is 2.08. The fourth-order valence-corrected chi connectivity index (χ4v) is 2.14. The summed E-state index contributed by atoms with van der Waals surface area (Å²) in [6, 6.07) is 7.31. The highest BCUT2D eigenvalue weighted by molar-refractivity contribution is 7.98. The lowest BCUT2D eigenvalue weighted by molar-refractivity contribution is -0.138. The summed E-state index contributed by atoms with van der Waals surface area (Å²) >= 11 is 1.61. The van der Waals surface area contributed by atoms with Crippen molar-refractivity contribution < 1.29 is 14.7 Å². The second-order valence-corrected chi connectivity index (χ2v) is 4.76. The van der Waals surface area contributed by atoms with Crippen molar-refractivity contribution in [1.82, 2.24) is 0 Å². The first-order chi connectivity index (χ1) is 7.63. The Hall–Kier alpha value is -1.29. The molecule has 0 heterocycles. The third-order valence-corrected chi connectivity index (χ3v) is 3.56. The van der Waals surface area contributed by atoms with Crippen LogP contribution in [-0.4, -0.2) is 23.1 Å². The molecule has 0 bridgehead atoms. The molecule has 1 aromatic rings. The minimum atomic E-state index is -0.862. The zero-order valence-electron chi connectivity index (χ0n) is 8.84. The maximum absolute atomic E-state index is 11.9. The Kier molecular flexibility index (Phi) is 3.01. The molecule has 0 aliphatic heterocycles. The molecule has 1 aliphatic carbocycles. The fourth-order valence-electron chi connectivity index (χ4n) is 1.73. The number of benzene rings is 1. The van der Waals surface area contributed by atoms with Gasteiger partial charge in [0.2, 0.25) is 0 Å². The molecule has 84 valence electrons. The van der Waals surface area contributed by atoms with Gasteiger partial charge in [0.05, 0.1) is 5.92 Å². The molecular weight excluding hydrogens is 224 g/mol. The Morgan fingerprint density at radius 3 is 2.31 bits per heavy atom. The van der Waals surface area contributed by atoms with Gasteiger partial charge in [0.15, 0.2) is 5.78 Å².